The van der Waals surface area contributed by atoms with Gasteiger partial charge in [0.25, 0.3) is 0 Å². The van der Waals surface area contributed by atoms with Crippen molar-refractivity contribution in [2.45, 2.75) is 26.4 Å². The molecule has 1 rings (SSSR count). The van der Waals surface area contributed by atoms with E-state index in [-0.39, 0.29) is 0 Å². The predicted molar refractivity (Wildman–Crippen MR) is 62.1 cm³/mol. The van der Waals surface area contributed by atoms with Crippen LogP contribution >= 0.6 is 27.3 Å². The lowest BCUT2D eigenvalue weighted by Gasteiger charge is -2.09. The van der Waals surface area contributed by atoms with Gasteiger partial charge in [0.15, 0.2) is 0 Å². The molecular weight excluding hydrogens is 248 g/mol. The first kappa shape index (κ1) is 11.2. The van der Waals surface area contributed by atoms with E-state index in [4.69, 9.17) is 5.73 Å². The second-order valence-corrected chi connectivity index (χ2v) is 5.64. The van der Waals surface area contributed by atoms with Crippen molar-refractivity contribution in [1.82, 2.24) is 5.32 Å². The fourth-order valence-electron chi connectivity index (χ4n) is 0.969. The molecule has 0 aromatic carbocycles. The Morgan fingerprint density at radius 2 is 2.38 bits per heavy atom. The molecular formula is C9H15BrN2S. The number of hydrogen-bond acceptors (Lipinski definition) is 3. The molecule has 0 aliphatic carbocycles. The molecule has 0 bridgehead atoms. The zero-order chi connectivity index (χ0) is 9.84. The van der Waals surface area contributed by atoms with Crippen LogP contribution in [0.25, 0.3) is 0 Å². The first-order chi connectivity index (χ1) is 6.13. The van der Waals surface area contributed by atoms with Crippen molar-refractivity contribution in [3.05, 3.63) is 20.3 Å². The molecule has 1 aromatic rings. The van der Waals surface area contributed by atoms with Gasteiger partial charge < -0.3 is 11.1 Å². The Morgan fingerprint density at radius 3 is 2.85 bits per heavy atom. The molecule has 1 aromatic heterocycles. The van der Waals surface area contributed by atoms with Crippen molar-refractivity contribution in [2.24, 2.45) is 5.73 Å². The molecule has 0 saturated heterocycles. The van der Waals surface area contributed by atoms with Crippen LogP contribution in [0.4, 0.5) is 0 Å². The molecule has 0 spiro atoms. The summed E-state index contributed by atoms with van der Waals surface area (Å²) in [5.41, 5.74) is 6.81. The SMILES string of the molecule is Cc1cc(CNC(C)CN)sc1Br. The van der Waals surface area contributed by atoms with Crippen LogP contribution in [0.3, 0.4) is 0 Å². The summed E-state index contributed by atoms with van der Waals surface area (Å²) in [5.74, 6) is 0. The van der Waals surface area contributed by atoms with Gasteiger partial charge in [-0.15, -0.1) is 11.3 Å². The van der Waals surface area contributed by atoms with Crippen LogP contribution in [-0.4, -0.2) is 12.6 Å². The van der Waals surface area contributed by atoms with Crippen LogP contribution in [0.1, 0.15) is 17.4 Å². The highest BCUT2D eigenvalue weighted by molar-refractivity contribution is 9.11. The summed E-state index contributed by atoms with van der Waals surface area (Å²) < 4.78 is 1.23. The molecule has 0 amide bonds. The van der Waals surface area contributed by atoms with Gasteiger partial charge in [0.1, 0.15) is 0 Å². The second-order valence-electron chi connectivity index (χ2n) is 3.19. The molecule has 74 valence electrons. The van der Waals surface area contributed by atoms with Crippen LogP contribution in [0, 0.1) is 6.92 Å². The third-order valence-electron chi connectivity index (χ3n) is 1.89. The lowest BCUT2D eigenvalue weighted by Crippen LogP contribution is -2.32. The number of nitrogens with one attached hydrogen (secondary N) is 1. The maximum absolute atomic E-state index is 5.50. The van der Waals surface area contributed by atoms with Gasteiger partial charge in [0.2, 0.25) is 0 Å². The molecule has 0 aliphatic rings. The normalized spacial score (nSPS) is 13.2. The Balaban J connectivity index is 2.45. The summed E-state index contributed by atoms with van der Waals surface area (Å²) in [6.07, 6.45) is 0. The zero-order valence-corrected chi connectivity index (χ0v) is 10.3. The van der Waals surface area contributed by atoms with Crippen molar-refractivity contribution in [3.8, 4) is 0 Å². The second kappa shape index (κ2) is 5.10. The summed E-state index contributed by atoms with van der Waals surface area (Å²) in [4.78, 5) is 1.35. The first-order valence-electron chi connectivity index (χ1n) is 4.31. The number of hydrogen-bond donors (Lipinski definition) is 2. The van der Waals surface area contributed by atoms with Gasteiger partial charge in [0, 0.05) is 24.0 Å². The molecule has 2 nitrogen and oxygen atoms in total. The van der Waals surface area contributed by atoms with E-state index < -0.39 is 0 Å². The Kier molecular flexibility index (Phi) is 4.38. The molecule has 4 heteroatoms. The van der Waals surface area contributed by atoms with E-state index in [0.717, 1.165) is 6.54 Å². The van der Waals surface area contributed by atoms with Crippen LogP contribution in [-0.2, 0) is 6.54 Å². The van der Waals surface area contributed by atoms with E-state index in [9.17, 15) is 0 Å². The van der Waals surface area contributed by atoms with Crippen molar-refractivity contribution >= 4 is 27.3 Å². The van der Waals surface area contributed by atoms with Gasteiger partial charge in [-0.3, -0.25) is 0 Å². The van der Waals surface area contributed by atoms with Crippen LogP contribution < -0.4 is 11.1 Å². The van der Waals surface area contributed by atoms with Crippen molar-refractivity contribution < 1.29 is 0 Å². The summed E-state index contributed by atoms with van der Waals surface area (Å²) >= 11 is 5.29. The van der Waals surface area contributed by atoms with Crippen LogP contribution in [0.5, 0.6) is 0 Å². The predicted octanol–water partition coefficient (Wildman–Crippen LogP) is 2.26. The van der Waals surface area contributed by atoms with Gasteiger partial charge in [0.05, 0.1) is 3.79 Å². The molecule has 1 unspecified atom stereocenters. The third kappa shape index (κ3) is 3.38. The van der Waals surface area contributed by atoms with E-state index in [1.54, 1.807) is 11.3 Å². The number of aryl methyl sites for hydroxylation is 1. The fraction of sp³-hybridized carbons (Fsp3) is 0.556. The fourth-order valence-corrected chi connectivity index (χ4v) is 2.55. The molecule has 0 aliphatic heterocycles. The molecule has 0 saturated carbocycles. The van der Waals surface area contributed by atoms with E-state index in [1.165, 1.54) is 14.2 Å². The zero-order valence-electron chi connectivity index (χ0n) is 7.93. The van der Waals surface area contributed by atoms with Gasteiger partial charge in [-0.25, -0.2) is 0 Å². The third-order valence-corrected chi connectivity index (χ3v) is 4.02. The Morgan fingerprint density at radius 1 is 1.69 bits per heavy atom. The lowest BCUT2D eigenvalue weighted by atomic mass is 10.3. The largest absolute Gasteiger partial charge is 0.329 e. The van der Waals surface area contributed by atoms with Crippen molar-refractivity contribution in [1.29, 1.82) is 0 Å². The standard InChI is InChI=1S/C9H15BrN2S/c1-6-3-8(13-9(6)10)5-12-7(2)4-11/h3,7,12H,4-5,11H2,1-2H3. The molecule has 13 heavy (non-hydrogen) atoms. The van der Waals surface area contributed by atoms with Gasteiger partial charge in [-0.2, -0.15) is 0 Å². The summed E-state index contributed by atoms with van der Waals surface area (Å²) in [6.45, 7) is 5.80. The number of thiophene rings is 1. The summed E-state index contributed by atoms with van der Waals surface area (Å²) in [6, 6.07) is 2.59. The Bertz CT molecular complexity index is 253. The minimum Gasteiger partial charge on any atom is -0.329 e. The first-order valence-corrected chi connectivity index (χ1v) is 5.92. The topological polar surface area (TPSA) is 38.0 Å². The van der Waals surface area contributed by atoms with Crippen LogP contribution in [0.2, 0.25) is 0 Å². The Labute approximate surface area is 91.7 Å². The molecule has 1 heterocycles. The van der Waals surface area contributed by atoms with Gasteiger partial charge in [-0.1, -0.05) is 0 Å². The molecule has 0 radical (unpaired) electrons. The highest BCUT2D eigenvalue weighted by Crippen LogP contribution is 2.27. The van der Waals surface area contributed by atoms with E-state index in [2.05, 4.69) is 41.2 Å². The van der Waals surface area contributed by atoms with Crippen molar-refractivity contribution in [2.75, 3.05) is 6.54 Å². The summed E-state index contributed by atoms with van der Waals surface area (Å²) in [7, 11) is 0. The van der Waals surface area contributed by atoms with E-state index in [0.29, 0.717) is 12.6 Å². The lowest BCUT2D eigenvalue weighted by molar-refractivity contribution is 0.560. The van der Waals surface area contributed by atoms with E-state index >= 15 is 0 Å². The minimum atomic E-state index is 0.390. The molecule has 0 fully saturated rings. The average molecular weight is 263 g/mol. The van der Waals surface area contributed by atoms with Gasteiger partial charge in [-0.05, 0) is 41.4 Å². The summed E-state index contributed by atoms with van der Waals surface area (Å²) in [5, 5.41) is 3.35. The van der Waals surface area contributed by atoms with Crippen molar-refractivity contribution in [3.63, 3.8) is 0 Å². The minimum absolute atomic E-state index is 0.390. The number of rotatable bonds is 4. The maximum atomic E-state index is 5.50. The molecule has 1 atom stereocenters. The van der Waals surface area contributed by atoms with Crippen LogP contribution in [0.15, 0.2) is 9.85 Å². The maximum Gasteiger partial charge on any atom is 0.0730 e. The highest BCUT2D eigenvalue weighted by atomic mass is 79.9. The van der Waals surface area contributed by atoms with E-state index in [1.807, 2.05) is 0 Å². The number of halogens is 1. The molecule has 3 N–H and O–H groups in total. The average Bonchev–Trinajstić information content (AvgIpc) is 2.42. The Hall–Kier alpha value is 0.100. The van der Waals surface area contributed by atoms with Gasteiger partial charge >= 0.3 is 0 Å². The monoisotopic (exact) mass is 262 g/mol. The smallest absolute Gasteiger partial charge is 0.0730 e. The number of nitrogens with two attached hydrogens (primary N) is 1. The highest BCUT2D eigenvalue weighted by Gasteiger charge is 2.03. The quantitative estimate of drug-likeness (QED) is 0.874.